The Labute approximate surface area is 181 Å². The number of aromatic nitrogens is 2. The van der Waals surface area contributed by atoms with Gasteiger partial charge in [-0.15, -0.1) is 0 Å². The van der Waals surface area contributed by atoms with Gasteiger partial charge in [0.15, 0.2) is 0 Å². The number of benzene rings is 2. The monoisotopic (exact) mass is 420 g/mol. The number of carbonyl (C=O) groups excluding carboxylic acids is 2. The van der Waals surface area contributed by atoms with Crippen molar-refractivity contribution in [3.05, 3.63) is 48.0 Å². The number of ether oxygens (including phenoxy) is 1. The van der Waals surface area contributed by atoms with Gasteiger partial charge in [-0.25, -0.2) is 4.98 Å². The molecule has 0 saturated heterocycles. The number of carbonyl (C=O) groups is 2. The maximum atomic E-state index is 12.5. The first-order chi connectivity index (χ1) is 14.8. The zero-order chi connectivity index (χ0) is 22.0. The van der Waals surface area contributed by atoms with Crippen molar-refractivity contribution < 1.29 is 14.3 Å². The van der Waals surface area contributed by atoms with Crippen LogP contribution in [0.5, 0.6) is 5.75 Å². The number of anilines is 2. The molecule has 2 aromatic carbocycles. The van der Waals surface area contributed by atoms with E-state index in [1.165, 1.54) is 0 Å². The SMILES string of the molecule is CC(C)(C)n1c(NC(=O)CCCOc2ccc3c(c2)CCC(=O)N3)nc2ccccc21. The van der Waals surface area contributed by atoms with Crippen molar-refractivity contribution in [2.45, 2.75) is 52.0 Å². The van der Waals surface area contributed by atoms with Crippen LogP contribution in [-0.2, 0) is 21.5 Å². The van der Waals surface area contributed by atoms with Crippen molar-refractivity contribution in [2.24, 2.45) is 0 Å². The van der Waals surface area contributed by atoms with E-state index in [1.807, 2.05) is 42.5 Å². The number of imidazole rings is 1. The zero-order valence-corrected chi connectivity index (χ0v) is 18.2. The molecule has 4 rings (SSSR count). The van der Waals surface area contributed by atoms with Crippen molar-refractivity contribution in [2.75, 3.05) is 17.2 Å². The van der Waals surface area contributed by atoms with Crippen molar-refractivity contribution in [1.82, 2.24) is 9.55 Å². The number of hydrogen-bond acceptors (Lipinski definition) is 4. The quantitative estimate of drug-likeness (QED) is 0.576. The molecule has 0 atom stereocenters. The molecule has 7 nitrogen and oxygen atoms in total. The van der Waals surface area contributed by atoms with Crippen LogP contribution < -0.4 is 15.4 Å². The summed E-state index contributed by atoms with van der Waals surface area (Å²) in [5.74, 6) is 1.28. The number of hydrogen-bond donors (Lipinski definition) is 2. The van der Waals surface area contributed by atoms with Crippen LogP contribution in [0.25, 0.3) is 11.0 Å². The molecule has 0 spiro atoms. The summed E-state index contributed by atoms with van der Waals surface area (Å²) in [4.78, 5) is 28.6. The van der Waals surface area contributed by atoms with Crippen molar-refractivity contribution in [1.29, 1.82) is 0 Å². The maximum absolute atomic E-state index is 12.5. The van der Waals surface area contributed by atoms with E-state index in [9.17, 15) is 9.59 Å². The van der Waals surface area contributed by atoms with Gasteiger partial charge in [-0.2, -0.15) is 0 Å². The van der Waals surface area contributed by atoms with Crippen LogP contribution in [0.4, 0.5) is 11.6 Å². The molecule has 2 amide bonds. The Hall–Kier alpha value is -3.35. The molecule has 3 aromatic rings. The molecular formula is C24H28N4O3. The summed E-state index contributed by atoms with van der Waals surface area (Å²) in [5.41, 5.74) is 3.57. The topological polar surface area (TPSA) is 85.2 Å². The Balaban J connectivity index is 1.33. The van der Waals surface area contributed by atoms with Gasteiger partial charge in [0.2, 0.25) is 17.8 Å². The predicted octanol–water partition coefficient (Wildman–Crippen LogP) is 4.47. The summed E-state index contributed by atoms with van der Waals surface area (Å²) in [6, 6.07) is 13.6. The Kier molecular flexibility index (Phi) is 5.67. The highest BCUT2D eigenvalue weighted by Crippen LogP contribution is 2.28. The van der Waals surface area contributed by atoms with Gasteiger partial charge in [0.05, 0.1) is 17.6 Å². The number of amides is 2. The molecule has 2 heterocycles. The lowest BCUT2D eigenvalue weighted by molar-refractivity contribution is -0.117. The Morgan fingerprint density at radius 1 is 1.19 bits per heavy atom. The fourth-order valence-corrected chi connectivity index (χ4v) is 3.85. The van der Waals surface area contributed by atoms with Crippen molar-refractivity contribution in [3.8, 4) is 5.75 Å². The van der Waals surface area contributed by atoms with E-state index in [0.717, 1.165) is 34.5 Å². The fourth-order valence-electron chi connectivity index (χ4n) is 3.85. The van der Waals surface area contributed by atoms with E-state index < -0.39 is 0 Å². The van der Waals surface area contributed by atoms with E-state index in [4.69, 9.17) is 4.74 Å². The lowest BCUT2D eigenvalue weighted by atomic mass is 10.0. The van der Waals surface area contributed by atoms with Crippen molar-refractivity contribution >= 4 is 34.5 Å². The smallest absolute Gasteiger partial charge is 0.226 e. The molecule has 0 aliphatic carbocycles. The molecule has 0 fully saturated rings. The molecular weight excluding hydrogens is 392 g/mol. The normalized spacial score (nSPS) is 13.6. The molecule has 0 saturated carbocycles. The summed E-state index contributed by atoms with van der Waals surface area (Å²) in [6.07, 6.45) is 2.15. The molecule has 7 heteroatoms. The van der Waals surface area contributed by atoms with Crippen LogP contribution in [-0.4, -0.2) is 28.0 Å². The molecule has 162 valence electrons. The molecule has 0 unspecified atom stereocenters. The van der Waals surface area contributed by atoms with Gasteiger partial charge in [0.1, 0.15) is 5.75 Å². The minimum atomic E-state index is -0.215. The van der Waals surface area contributed by atoms with Crippen molar-refractivity contribution in [3.63, 3.8) is 0 Å². The molecule has 0 radical (unpaired) electrons. The van der Waals surface area contributed by atoms with E-state index in [0.29, 0.717) is 31.8 Å². The van der Waals surface area contributed by atoms with Crippen LogP contribution in [0.1, 0.15) is 45.6 Å². The Morgan fingerprint density at radius 2 is 2.00 bits per heavy atom. The van der Waals surface area contributed by atoms with Crippen LogP contribution in [0.15, 0.2) is 42.5 Å². The van der Waals surface area contributed by atoms with E-state index >= 15 is 0 Å². The second-order valence-electron chi connectivity index (χ2n) is 8.80. The molecule has 2 N–H and O–H groups in total. The highest BCUT2D eigenvalue weighted by atomic mass is 16.5. The lowest BCUT2D eigenvalue weighted by Crippen LogP contribution is -2.26. The summed E-state index contributed by atoms with van der Waals surface area (Å²) in [7, 11) is 0. The fraction of sp³-hybridized carbons (Fsp3) is 0.375. The van der Waals surface area contributed by atoms with Gasteiger partial charge < -0.3 is 14.6 Å². The molecule has 0 bridgehead atoms. The standard InChI is InChI=1S/C24H28N4O3/c1-24(2,3)28-20-8-5-4-7-19(20)26-23(28)27-21(29)9-6-14-31-17-11-12-18-16(15-17)10-13-22(30)25-18/h4-5,7-8,11-12,15H,6,9-10,13-14H2,1-3H3,(H,25,30)(H,26,27,29). The van der Waals surface area contributed by atoms with E-state index in [-0.39, 0.29) is 17.4 Å². The van der Waals surface area contributed by atoms with Crippen LogP contribution in [0.2, 0.25) is 0 Å². The minimum Gasteiger partial charge on any atom is -0.494 e. The number of rotatable bonds is 6. The summed E-state index contributed by atoms with van der Waals surface area (Å²) >= 11 is 0. The summed E-state index contributed by atoms with van der Waals surface area (Å²) in [6.45, 7) is 6.71. The van der Waals surface area contributed by atoms with Crippen LogP contribution in [0.3, 0.4) is 0 Å². The third-order valence-electron chi connectivity index (χ3n) is 5.27. The van der Waals surface area contributed by atoms with Gasteiger partial charge in [0.25, 0.3) is 0 Å². The first-order valence-electron chi connectivity index (χ1n) is 10.6. The number of para-hydroxylation sites is 2. The third-order valence-corrected chi connectivity index (χ3v) is 5.27. The Bertz CT molecular complexity index is 1130. The number of aryl methyl sites for hydroxylation is 1. The first-order valence-corrected chi connectivity index (χ1v) is 10.6. The van der Waals surface area contributed by atoms with Gasteiger partial charge in [0, 0.05) is 24.1 Å². The lowest BCUT2D eigenvalue weighted by Gasteiger charge is -2.24. The third kappa shape index (κ3) is 4.71. The molecule has 31 heavy (non-hydrogen) atoms. The maximum Gasteiger partial charge on any atom is 0.226 e. The van der Waals surface area contributed by atoms with E-state index in [1.54, 1.807) is 0 Å². The second kappa shape index (κ2) is 8.41. The predicted molar refractivity (Wildman–Crippen MR) is 121 cm³/mol. The second-order valence-corrected chi connectivity index (χ2v) is 8.80. The van der Waals surface area contributed by atoms with E-state index in [2.05, 4.69) is 41.0 Å². The highest BCUT2D eigenvalue weighted by molar-refractivity contribution is 5.94. The first kappa shape index (κ1) is 20.9. The van der Waals surface area contributed by atoms with Gasteiger partial charge >= 0.3 is 0 Å². The molecule has 1 aliphatic heterocycles. The Morgan fingerprint density at radius 3 is 2.81 bits per heavy atom. The average molecular weight is 421 g/mol. The van der Waals surface area contributed by atoms with Crippen LogP contribution >= 0.6 is 0 Å². The summed E-state index contributed by atoms with van der Waals surface area (Å²) < 4.78 is 7.87. The minimum absolute atomic E-state index is 0.0483. The highest BCUT2D eigenvalue weighted by Gasteiger charge is 2.22. The molecule has 1 aliphatic rings. The number of fused-ring (bicyclic) bond motifs is 2. The average Bonchev–Trinajstić information content (AvgIpc) is 3.09. The zero-order valence-electron chi connectivity index (χ0n) is 18.2. The van der Waals surface area contributed by atoms with Crippen LogP contribution in [0, 0.1) is 0 Å². The number of nitrogens with zero attached hydrogens (tertiary/aromatic N) is 2. The number of nitrogens with one attached hydrogen (secondary N) is 2. The van der Waals surface area contributed by atoms with Gasteiger partial charge in [-0.05, 0) is 69.5 Å². The largest absolute Gasteiger partial charge is 0.494 e. The summed E-state index contributed by atoms with van der Waals surface area (Å²) in [5, 5.41) is 5.83. The van der Waals surface area contributed by atoms with Gasteiger partial charge in [-0.1, -0.05) is 12.1 Å². The van der Waals surface area contributed by atoms with Gasteiger partial charge in [-0.3, -0.25) is 14.9 Å². The molecule has 1 aromatic heterocycles.